The molecule has 2 heterocycles. The summed E-state index contributed by atoms with van der Waals surface area (Å²) in [6.45, 7) is 2.39. The highest BCUT2D eigenvalue weighted by Crippen LogP contribution is 2.39. The number of carboxylic acids is 1. The number of methoxy groups -OCH3 is 1. The zero-order valence-electron chi connectivity index (χ0n) is 18.9. The standard InChI is InChI=1S/C26H24N4O4/c1-16(18-4-3-5-20(10-18)33-2)30-25-22-9-7-21(34-14-17-12-27-15-28-13-17)11-19(22)6-8-23(25)24(29-30)26(31)32/h3-5,7,9-13,15-16H,6,8,14H2,1-2H3,(H,31,32). The van der Waals surface area contributed by atoms with Gasteiger partial charge in [0.2, 0.25) is 0 Å². The zero-order chi connectivity index (χ0) is 23.7. The fourth-order valence-corrected chi connectivity index (χ4v) is 4.41. The van der Waals surface area contributed by atoms with Gasteiger partial charge in [0.1, 0.15) is 24.4 Å². The van der Waals surface area contributed by atoms with Crippen molar-refractivity contribution < 1.29 is 19.4 Å². The highest BCUT2D eigenvalue weighted by molar-refractivity contribution is 5.90. The van der Waals surface area contributed by atoms with Crippen LogP contribution in [0.2, 0.25) is 0 Å². The average Bonchev–Trinajstić information content (AvgIpc) is 3.28. The Kier molecular flexibility index (Phi) is 5.71. The maximum absolute atomic E-state index is 12.0. The van der Waals surface area contributed by atoms with E-state index in [2.05, 4.69) is 15.1 Å². The van der Waals surface area contributed by atoms with Crippen LogP contribution in [0.4, 0.5) is 0 Å². The molecule has 0 aliphatic heterocycles. The van der Waals surface area contributed by atoms with Gasteiger partial charge in [-0.05, 0) is 61.2 Å². The molecule has 2 aromatic carbocycles. The molecular weight excluding hydrogens is 432 g/mol. The van der Waals surface area contributed by atoms with E-state index in [1.807, 2.05) is 54.1 Å². The number of aryl methyl sites for hydroxylation is 1. The Morgan fingerprint density at radius 3 is 2.71 bits per heavy atom. The van der Waals surface area contributed by atoms with Gasteiger partial charge < -0.3 is 14.6 Å². The van der Waals surface area contributed by atoms with Gasteiger partial charge in [-0.2, -0.15) is 5.10 Å². The van der Waals surface area contributed by atoms with Crippen LogP contribution in [0.1, 0.15) is 45.7 Å². The van der Waals surface area contributed by atoms with Crippen molar-refractivity contribution in [3.8, 4) is 22.8 Å². The summed E-state index contributed by atoms with van der Waals surface area (Å²) >= 11 is 0. The lowest BCUT2D eigenvalue weighted by Gasteiger charge is -2.23. The number of carboxylic acid groups (broad SMARTS) is 1. The van der Waals surface area contributed by atoms with E-state index in [0.29, 0.717) is 19.4 Å². The summed E-state index contributed by atoms with van der Waals surface area (Å²) in [6.07, 6.45) is 6.26. The highest BCUT2D eigenvalue weighted by Gasteiger charge is 2.30. The van der Waals surface area contributed by atoms with E-state index in [-0.39, 0.29) is 11.7 Å². The molecule has 0 spiro atoms. The molecule has 1 atom stereocenters. The van der Waals surface area contributed by atoms with Crippen LogP contribution in [-0.2, 0) is 19.4 Å². The second kappa shape index (κ2) is 8.97. The SMILES string of the molecule is COc1cccc(C(C)n2nc(C(=O)O)c3c2-c2ccc(OCc4cncnc4)cc2CC3)c1. The Hall–Kier alpha value is -4.20. The smallest absolute Gasteiger partial charge is 0.356 e. The number of nitrogens with zero attached hydrogens (tertiary/aromatic N) is 4. The lowest BCUT2D eigenvalue weighted by molar-refractivity contribution is 0.0688. The fourth-order valence-electron chi connectivity index (χ4n) is 4.41. The van der Waals surface area contributed by atoms with Crippen molar-refractivity contribution in [3.05, 3.63) is 89.1 Å². The maximum atomic E-state index is 12.0. The quantitative estimate of drug-likeness (QED) is 0.442. The Morgan fingerprint density at radius 2 is 1.94 bits per heavy atom. The molecule has 2 aromatic heterocycles. The predicted molar refractivity (Wildman–Crippen MR) is 125 cm³/mol. The molecule has 1 aliphatic rings. The molecule has 34 heavy (non-hydrogen) atoms. The zero-order valence-corrected chi connectivity index (χ0v) is 18.9. The van der Waals surface area contributed by atoms with Crippen LogP contribution < -0.4 is 9.47 Å². The second-order valence-corrected chi connectivity index (χ2v) is 8.23. The minimum atomic E-state index is -1.01. The molecular formula is C26H24N4O4. The maximum Gasteiger partial charge on any atom is 0.356 e. The highest BCUT2D eigenvalue weighted by atomic mass is 16.5. The topological polar surface area (TPSA) is 99.4 Å². The first-order chi connectivity index (χ1) is 16.5. The number of aromatic carboxylic acids is 1. The molecule has 0 saturated carbocycles. The first kappa shape index (κ1) is 21.6. The average molecular weight is 457 g/mol. The third kappa shape index (κ3) is 3.98. The van der Waals surface area contributed by atoms with Crippen LogP contribution in [0.3, 0.4) is 0 Å². The lowest BCUT2D eigenvalue weighted by Crippen LogP contribution is -2.13. The van der Waals surface area contributed by atoms with Crippen LogP contribution in [0.25, 0.3) is 11.3 Å². The van der Waals surface area contributed by atoms with E-state index in [9.17, 15) is 9.90 Å². The van der Waals surface area contributed by atoms with Crippen LogP contribution in [0, 0.1) is 0 Å². The van der Waals surface area contributed by atoms with E-state index in [4.69, 9.17) is 9.47 Å². The molecule has 0 bridgehead atoms. The first-order valence-electron chi connectivity index (χ1n) is 11.0. The molecule has 8 heteroatoms. The molecule has 172 valence electrons. The third-order valence-corrected chi connectivity index (χ3v) is 6.15. The van der Waals surface area contributed by atoms with Gasteiger partial charge in [0.25, 0.3) is 0 Å². The first-order valence-corrected chi connectivity index (χ1v) is 11.0. The van der Waals surface area contributed by atoms with Crippen molar-refractivity contribution in [2.75, 3.05) is 7.11 Å². The summed E-state index contributed by atoms with van der Waals surface area (Å²) in [5, 5.41) is 14.4. The van der Waals surface area contributed by atoms with Crippen molar-refractivity contribution in [1.29, 1.82) is 0 Å². The molecule has 0 radical (unpaired) electrons. The van der Waals surface area contributed by atoms with Gasteiger partial charge in [0.15, 0.2) is 5.69 Å². The number of hydrogen-bond donors (Lipinski definition) is 1. The molecule has 8 nitrogen and oxygen atoms in total. The van der Waals surface area contributed by atoms with Gasteiger partial charge in [0, 0.05) is 29.1 Å². The van der Waals surface area contributed by atoms with Crippen molar-refractivity contribution in [3.63, 3.8) is 0 Å². The van der Waals surface area contributed by atoms with Gasteiger partial charge >= 0.3 is 5.97 Å². The third-order valence-electron chi connectivity index (χ3n) is 6.15. The summed E-state index contributed by atoms with van der Waals surface area (Å²) in [6, 6.07) is 13.5. The van der Waals surface area contributed by atoms with Gasteiger partial charge in [-0.15, -0.1) is 0 Å². The largest absolute Gasteiger partial charge is 0.497 e. The number of carbonyl (C=O) groups is 1. The number of fused-ring (bicyclic) bond motifs is 3. The number of rotatable bonds is 7. The molecule has 0 fully saturated rings. The van der Waals surface area contributed by atoms with Gasteiger partial charge in [0.05, 0.1) is 18.8 Å². The normalized spacial score (nSPS) is 13.0. The van der Waals surface area contributed by atoms with Crippen molar-refractivity contribution in [2.24, 2.45) is 0 Å². The minimum absolute atomic E-state index is 0.111. The van der Waals surface area contributed by atoms with Crippen molar-refractivity contribution in [2.45, 2.75) is 32.4 Å². The number of benzene rings is 2. The summed E-state index contributed by atoms with van der Waals surface area (Å²) in [4.78, 5) is 20.0. The molecule has 0 amide bonds. The van der Waals surface area contributed by atoms with E-state index in [1.54, 1.807) is 19.5 Å². The molecule has 4 aromatic rings. The number of aromatic nitrogens is 4. The van der Waals surface area contributed by atoms with Gasteiger partial charge in [-0.3, -0.25) is 4.68 Å². The lowest BCUT2D eigenvalue weighted by atomic mass is 9.88. The molecule has 1 unspecified atom stereocenters. The summed E-state index contributed by atoms with van der Waals surface area (Å²) < 4.78 is 13.2. The van der Waals surface area contributed by atoms with Gasteiger partial charge in [-0.1, -0.05) is 12.1 Å². The fraction of sp³-hybridized carbons (Fsp3) is 0.231. The molecule has 1 aliphatic carbocycles. The predicted octanol–water partition coefficient (Wildman–Crippen LogP) is 4.33. The van der Waals surface area contributed by atoms with Crippen LogP contribution in [0.15, 0.2) is 61.2 Å². The van der Waals surface area contributed by atoms with Crippen molar-refractivity contribution >= 4 is 5.97 Å². The monoisotopic (exact) mass is 456 g/mol. The number of hydrogen-bond acceptors (Lipinski definition) is 6. The Labute approximate surface area is 196 Å². The molecule has 0 saturated heterocycles. The minimum Gasteiger partial charge on any atom is -0.497 e. The summed E-state index contributed by atoms with van der Waals surface area (Å²) in [7, 11) is 1.63. The van der Waals surface area contributed by atoms with Crippen LogP contribution in [-0.4, -0.2) is 37.9 Å². The Balaban J connectivity index is 1.52. The molecule has 5 rings (SSSR count). The summed E-state index contributed by atoms with van der Waals surface area (Å²) in [5.74, 6) is 0.479. The van der Waals surface area contributed by atoms with E-state index < -0.39 is 5.97 Å². The van der Waals surface area contributed by atoms with Crippen molar-refractivity contribution in [1.82, 2.24) is 19.7 Å². The molecule has 1 N–H and O–H groups in total. The van der Waals surface area contributed by atoms with E-state index in [0.717, 1.165) is 45.0 Å². The van der Waals surface area contributed by atoms with Crippen LogP contribution >= 0.6 is 0 Å². The van der Waals surface area contributed by atoms with E-state index >= 15 is 0 Å². The Bertz CT molecular complexity index is 1350. The van der Waals surface area contributed by atoms with E-state index in [1.165, 1.54) is 6.33 Å². The number of ether oxygens (including phenoxy) is 2. The van der Waals surface area contributed by atoms with Gasteiger partial charge in [-0.25, -0.2) is 14.8 Å². The summed E-state index contributed by atoms with van der Waals surface area (Å²) in [5.41, 5.74) is 5.68. The second-order valence-electron chi connectivity index (χ2n) is 8.23. The Morgan fingerprint density at radius 1 is 1.12 bits per heavy atom. The van der Waals surface area contributed by atoms with Crippen LogP contribution in [0.5, 0.6) is 11.5 Å².